The van der Waals surface area contributed by atoms with Crippen molar-refractivity contribution in [3.8, 4) is 0 Å². The normalized spacial score (nSPS) is 11.3. The minimum Gasteiger partial charge on any atom is -0.465 e. The van der Waals surface area contributed by atoms with Crippen molar-refractivity contribution >= 4 is 29.2 Å². The number of rotatable bonds is 5. The van der Waals surface area contributed by atoms with Crippen molar-refractivity contribution < 1.29 is 9.53 Å². The lowest BCUT2D eigenvalue weighted by atomic mass is 9.95. The van der Waals surface area contributed by atoms with Crippen molar-refractivity contribution in [2.24, 2.45) is 0 Å². The van der Waals surface area contributed by atoms with Gasteiger partial charge in [0.1, 0.15) is 5.82 Å². The molecule has 0 saturated carbocycles. The largest absolute Gasteiger partial charge is 0.465 e. The van der Waals surface area contributed by atoms with Gasteiger partial charge in [0, 0.05) is 0 Å². The molecule has 1 aromatic heterocycles. The number of hydrogen-bond acceptors (Lipinski definition) is 3. The van der Waals surface area contributed by atoms with Gasteiger partial charge in [-0.05, 0) is 72.4 Å². The highest BCUT2D eigenvalue weighted by Gasteiger charge is 2.13. The number of methoxy groups -OCH3 is 1. The van der Waals surface area contributed by atoms with Crippen molar-refractivity contribution in [3.05, 3.63) is 99.9 Å². The molecule has 4 heteroatoms. The fourth-order valence-corrected chi connectivity index (χ4v) is 3.60. The predicted molar refractivity (Wildman–Crippen MR) is 122 cm³/mol. The van der Waals surface area contributed by atoms with E-state index in [2.05, 4.69) is 43.1 Å². The van der Waals surface area contributed by atoms with Gasteiger partial charge in [0.05, 0.1) is 23.7 Å². The highest BCUT2D eigenvalue weighted by molar-refractivity contribution is 5.89. The van der Waals surface area contributed by atoms with Crippen LogP contribution >= 0.6 is 0 Å². The van der Waals surface area contributed by atoms with E-state index in [0.29, 0.717) is 5.56 Å². The van der Waals surface area contributed by atoms with Crippen LogP contribution in [0.25, 0.3) is 23.2 Å². The minimum absolute atomic E-state index is 0.321. The Morgan fingerprint density at radius 1 is 1.03 bits per heavy atom. The van der Waals surface area contributed by atoms with E-state index in [4.69, 9.17) is 9.72 Å². The molecule has 150 valence electrons. The summed E-state index contributed by atoms with van der Waals surface area (Å²) in [5.74, 6) is 0.513. The zero-order chi connectivity index (χ0) is 21.1. The Labute approximate surface area is 176 Å². The summed E-state index contributed by atoms with van der Waals surface area (Å²) in [7, 11) is 1.39. The second-order valence-electron chi connectivity index (χ2n) is 7.42. The zero-order valence-corrected chi connectivity index (χ0v) is 17.4. The summed E-state index contributed by atoms with van der Waals surface area (Å²) in [6.07, 6.45) is 4.82. The highest BCUT2D eigenvalue weighted by Crippen LogP contribution is 2.27. The molecular formula is C26H24N2O2. The molecule has 4 nitrogen and oxygen atoms in total. The fourth-order valence-electron chi connectivity index (χ4n) is 3.60. The number of benzene rings is 3. The van der Waals surface area contributed by atoms with Gasteiger partial charge in [-0.2, -0.15) is 0 Å². The van der Waals surface area contributed by atoms with Gasteiger partial charge in [0.25, 0.3) is 0 Å². The van der Waals surface area contributed by atoms with Crippen molar-refractivity contribution in [2.45, 2.75) is 20.3 Å². The van der Waals surface area contributed by atoms with Crippen LogP contribution < -0.4 is 0 Å². The number of nitrogens with zero attached hydrogens (tertiary/aromatic N) is 1. The minimum atomic E-state index is -0.321. The Morgan fingerprint density at radius 2 is 1.77 bits per heavy atom. The van der Waals surface area contributed by atoms with Gasteiger partial charge in [-0.1, -0.05) is 48.5 Å². The van der Waals surface area contributed by atoms with Crippen molar-refractivity contribution in [1.82, 2.24) is 9.97 Å². The maximum absolute atomic E-state index is 11.7. The molecule has 0 aliphatic heterocycles. The van der Waals surface area contributed by atoms with Crippen molar-refractivity contribution in [3.63, 3.8) is 0 Å². The van der Waals surface area contributed by atoms with E-state index in [1.807, 2.05) is 48.5 Å². The van der Waals surface area contributed by atoms with E-state index in [9.17, 15) is 4.79 Å². The first-order valence-corrected chi connectivity index (χ1v) is 9.94. The average Bonchev–Trinajstić information content (AvgIpc) is 3.18. The first-order chi connectivity index (χ1) is 14.5. The molecule has 0 atom stereocenters. The average molecular weight is 396 g/mol. The maximum atomic E-state index is 11.7. The summed E-state index contributed by atoms with van der Waals surface area (Å²) in [5, 5.41) is 0. The molecule has 0 amide bonds. The van der Waals surface area contributed by atoms with E-state index < -0.39 is 0 Å². The molecule has 4 aromatic rings. The van der Waals surface area contributed by atoms with E-state index in [0.717, 1.165) is 34.4 Å². The summed E-state index contributed by atoms with van der Waals surface area (Å²) in [6, 6.07) is 19.9. The Kier molecular flexibility index (Phi) is 5.48. The third-order valence-corrected chi connectivity index (χ3v) is 5.43. The molecule has 3 aromatic carbocycles. The number of esters is 1. The van der Waals surface area contributed by atoms with Gasteiger partial charge >= 0.3 is 5.97 Å². The maximum Gasteiger partial charge on any atom is 0.337 e. The summed E-state index contributed by atoms with van der Waals surface area (Å²) in [4.78, 5) is 20.0. The molecule has 4 rings (SSSR count). The third kappa shape index (κ3) is 4.03. The molecule has 1 heterocycles. The van der Waals surface area contributed by atoms with Gasteiger partial charge in [-0.15, -0.1) is 0 Å². The van der Waals surface area contributed by atoms with Crippen LogP contribution in [0.1, 0.15) is 44.0 Å². The van der Waals surface area contributed by atoms with Gasteiger partial charge in [-0.25, -0.2) is 9.78 Å². The van der Waals surface area contributed by atoms with Crippen molar-refractivity contribution in [1.29, 1.82) is 0 Å². The molecule has 0 aliphatic carbocycles. The second-order valence-corrected chi connectivity index (χ2v) is 7.42. The van der Waals surface area contributed by atoms with Crippen LogP contribution in [-0.4, -0.2) is 23.0 Å². The predicted octanol–water partition coefficient (Wildman–Crippen LogP) is 5.73. The van der Waals surface area contributed by atoms with Crippen LogP contribution in [-0.2, 0) is 11.2 Å². The van der Waals surface area contributed by atoms with Gasteiger partial charge in [-0.3, -0.25) is 0 Å². The number of hydrogen-bond donors (Lipinski definition) is 1. The SMILES string of the molecule is COC(=O)c1ccc(Cc2c(C)c(C)cc3[nH]c(/C=C/c4ccccc4)nc23)cc1. The number of carbonyl (C=O) groups excluding carboxylic acids is 1. The summed E-state index contributed by atoms with van der Waals surface area (Å²) >= 11 is 0. The topological polar surface area (TPSA) is 55.0 Å². The van der Waals surface area contributed by atoms with Gasteiger partial charge in [0.2, 0.25) is 0 Å². The molecule has 0 spiro atoms. The number of ether oxygens (including phenoxy) is 1. The smallest absolute Gasteiger partial charge is 0.337 e. The number of aromatic amines is 1. The van der Waals surface area contributed by atoms with E-state index in [1.165, 1.54) is 23.8 Å². The number of fused-ring (bicyclic) bond motifs is 1. The molecule has 0 unspecified atom stereocenters. The molecule has 0 aliphatic rings. The molecule has 0 radical (unpaired) electrons. The molecule has 30 heavy (non-hydrogen) atoms. The number of nitrogens with one attached hydrogen (secondary N) is 1. The summed E-state index contributed by atoms with van der Waals surface area (Å²) in [6.45, 7) is 4.26. The quantitative estimate of drug-likeness (QED) is 0.439. The van der Waals surface area contributed by atoms with Gasteiger partial charge in [0.15, 0.2) is 0 Å². The monoisotopic (exact) mass is 396 g/mol. The van der Waals surface area contributed by atoms with E-state index >= 15 is 0 Å². The lowest BCUT2D eigenvalue weighted by Gasteiger charge is -2.10. The summed E-state index contributed by atoms with van der Waals surface area (Å²) in [5.41, 5.74) is 8.51. The van der Waals surface area contributed by atoms with Crippen LogP contribution in [0.5, 0.6) is 0 Å². The highest BCUT2D eigenvalue weighted by atomic mass is 16.5. The number of aromatic nitrogens is 2. The Hall–Kier alpha value is -3.66. The van der Waals surface area contributed by atoms with Gasteiger partial charge < -0.3 is 9.72 Å². The van der Waals surface area contributed by atoms with E-state index in [-0.39, 0.29) is 5.97 Å². The lowest BCUT2D eigenvalue weighted by Crippen LogP contribution is -2.01. The number of carbonyl (C=O) groups is 1. The van der Waals surface area contributed by atoms with Crippen molar-refractivity contribution in [2.75, 3.05) is 7.11 Å². The van der Waals surface area contributed by atoms with E-state index in [1.54, 1.807) is 0 Å². The fraction of sp³-hybridized carbons (Fsp3) is 0.154. The first-order valence-electron chi connectivity index (χ1n) is 9.94. The molecule has 0 saturated heterocycles. The molecular weight excluding hydrogens is 372 g/mol. The number of imidazole rings is 1. The zero-order valence-electron chi connectivity index (χ0n) is 17.4. The number of H-pyrrole nitrogens is 1. The van der Waals surface area contributed by atoms with Crippen LogP contribution in [0.3, 0.4) is 0 Å². The molecule has 0 bridgehead atoms. The molecule has 0 fully saturated rings. The second kappa shape index (κ2) is 8.37. The third-order valence-electron chi connectivity index (χ3n) is 5.43. The van der Waals surface area contributed by atoms with Crippen LogP contribution in [0.15, 0.2) is 60.7 Å². The summed E-state index contributed by atoms with van der Waals surface area (Å²) < 4.78 is 4.79. The first kappa shape index (κ1) is 19.6. The Morgan fingerprint density at radius 3 is 2.47 bits per heavy atom. The standard InChI is InChI=1S/C26H24N2O2/c1-17-15-23-25(28-24(27-23)14-11-19-7-5-4-6-8-19)22(18(17)2)16-20-9-12-21(13-10-20)26(29)30-3/h4-15H,16H2,1-3H3,(H,27,28)/b14-11+. The molecule has 1 N–H and O–H groups in total. The Balaban J connectivity index is 1.68. The number of aryl methyl sites for hydroxylation is 1. The van der Waals surface area contributed by atoms with Crippen LogP contribution in [0.2, 0.25) is 0 Å². The van der Waals surface area contributed by atoms with Crippen LogP contribution in [0, 0.1) is 13.8 Å². The lowest BCUT2D eigenvalue weighted by molar-refractivity contribution is 0.0600. The Bertz CT molecular complexity index is 1220. The van der Waals surface area contributed by atoms with Crippen LogP contribution in [0.4, 0.5) is 0 Å².